The van der Waals surface area contributed by atoms with Gasteiger partial charge in [-0.2, -0.15) is 0 Å². The van der Waals surface area contributed by atoms with E-state index >= 15 is 0 Å². The summed E-state index contributed by atoms with van der Waals surface area (Å²) in [5, 5.41) is 0. The lowest BCUT2D eigenvalue weighted by Gasteiger charge is -1.34. The first-order chi connectivity index (χ1) is 1.41. The van der Waals surface area contributed by atoms with Crippen LogP contribution in [0, 0.1) is 0 Å². The maximum atomic E-state index is 1.99. The van der Waals surface area contributed by atoms with Gasteiger partial charge in [0, 0.05) is 18.5 Å². The van der Waals surface area contributed by atoms with Crippen LogP contribution in [0.25, 0.3) is 0 Å². The first-order valence-corrected chi connectivity index (χ1v) is 3.00. The summed E-state index contributed by atoms with van der Waals surface area (Å²) in [5.74, 6) is 1.31. The molecule has 0 aromatic rings. The van der Waals surface area contributed by atoms with Crippen molar-refractivity contribution in [2.24, 2.45) is 0 Å². The van der Waals surface area contributed by atoms with Gasteiger partial charge in [0.15, 0.2) is 0 Å². The minimum absolute atomic E-state index is 0. The lowest BCUT2D eigenvalue weighted by Crippen LogP contribution is -3.00. The third-order valence-corrected chi connectivity index (χ3v) is 0. The second-order valence-electron chi connectivity index (χ2n) is 0.354. The summed E-state index contributed by atoms with van der Waals surface area (Å²) in [4.78, 5) is 0. The molecule has 5 heavy (non-hydrogen) atoms. The van der Waals surface area contributed by atoms with Crippen LogP contribution in [0.5, 0.6) is 0 Å². The molecule has 0 heterocycles. The van der Waals surface area contributed by atoms with Gasteiger partial charge in [-0.25, -0.2) is 0 Å². The molecular formula is CH8Br2P2. The zero-order valence-corrected chi connectivity index (χ0v) is 8.88. The Balaban J connectivity index is -0.0000000200. The smallest absolute Gasteiger partial charge is 0.146 e. The fraction of sp³-hybridized carbons (Fsp3) is 1.00. The van der Waals surface area contributed by atoms with Crippen LogP contribution >= 0.6 is 18.5 Å². The first-order valence-electron chi connectivity index (χ1n) is 1.000. The fourth-order valence-corrected chi connectivity index (χ4v) is 0. The quantitative estimate of drug-likeness (QED) is 0.371. The van der Waals surface area contributed by atoms with Crippen LogP contribution in [0.4, 0.5) is 0 Å². The maximum absolute atomic E-state index is 1.99. The molecule has 2 unspecified atom stereocenters. The van der Waals surface area contributed by atoms with Crippen LogP contribution in [-0.2, 0) is 0 Å². The highest BCUT2D eigenvalue weighted by atomic mass is 79.9. The number of hydrogen-bond acceptors (Lipinski definition) is 0. The van der Waals surface area contributed by atoms with Gasteiger partial charge in [0.05, 0.1) is 0 Å². The van der Waals surface area contributed by atoms with E-state index in [1.54, 1.807) is 0 Å². The van der Waals surface area contributed by atoms with E-state index in [1.807, 2.05) is 18.5 Å². The Labute approximate surface area is 58.4 Å². The molecule has 0 aliphatic rings. The van der Waals surface area contributed by atoms with Crippen molar-refractivity contribution in [3.05, 3.63) is 0 Å². The van der Waals surface area contributed by atoms with Crippen LogP contribution in [0.1, 0.15) is 0 Å². The van der Waals surface area contributed by atoms with Crippen molar-refractivity contribution in [2.75, 3.05) is 5.90 Å². The van der Waals surface area contributed by atoms with Crippen LogP contribution in [0.2, 0.25) is 0 Å². The predicted molar refractivity (Wildman–Crippen MR) is 27.1 cm³/mol. The van der Waals surface area contributed by atoms with E-state index < -0.39 is 0 Å². The van der Waals surface area contributed by atoms with E-state index in [4.69, 9.17) is 0 Å². The van der Waals surface area contributed by atoms with E-state index in [0.717, 1.165) is 0 Å². The number of rotatable bonds is 0. The van der Waals surface area contributed by atoms with Crippen molar-refractivity contribution in [3.63, 3.8) is 0 Å². The molecule has 2 atom stereocenters. The van der Waals surface area contributed by atoms with Crippen molar-refractivity contribution in [1.29, 1.82) is 0 Å². The van der Waals surface area contributed by atoms with Gasteiger partial charge in [-0.3, -0.25) is 0 Å². The molecule has 0 saturated carbocycles. The Morgan fingerprint density at radius 3 is 1.00 bits per heavy atom. The predicted octanol–water partition coefficient (Wildman–Crippen LogP) is -5.83. The third kappa shape index (κ3) is 25.6. The zero-order valence-electron chi connectivity index (χ0n) is 2.88. The van der Waals surface area contributed by atoms with Gasteiger partial charge < -0.3 is 34.0 Å². The molecule has 0 nitrogen and oxygen atoms in total. The molecule has 0 aromatic carbocycles. The summed E-state index contributed by atoms with van der Waals surface area (Å²) in [6, 6.07) is 0. The first kappa shape index (κ1) is 15.8. The van der Waals surface area contributed by atoms with Gasteiger partial charge in [-0.15, -0.1) is 0 Å². The fourth-order valence-electron chi connectivity index (χ4n) is 0. The monoisotopic (exact) mass is 240 g/mol. The van der Waals surface area contributed by atoms with E-state index in [2.05, 4.69) is 0 Å². The van der Waals surface area contributed by atoms with Gasteiger partial charge in [0.1, 0.15) is 5.90 Å². The second-order valence-corrected chi connectivity index (χ2v) is 3.18. The van der Waals surface area contributed by atoms with Crippen molar-refractivity contribution in [3.8, 4) is 0 Å². The normalized spacial score (nSPS) is 4.80. The molecule has 0 spiro atoms. The van der Waals surface area contributed by atoms with E-state index in [9.17, 15) is 0 Å². The summed E-state index contributed by atoms with van der Waals surface area (Å²) in [5.41, 5.74) is 0. The highest BCUT2D eigenvalue weighted by Gasteiger charge is 1.49. The van der Waals surface area contributed by atoms with Crippen molar-refractivity contribution in [2.45, 2.75) is 0 Å². The molecule has 0 fully saturated rings. The lowest BCUT2D eigenvalue weighted by atomic mass is 11.9. The Morgan fingerprint density at radius 1 is 1.00 bits per heavy atom. The van der Waals surface area contributed by atoms with Gasteiger partial charge in [-0.05, 0) is 0 Å². The van der Waals surface area contributed by atoms with Crippen molar-refractivity contribution < 1.29 is 34.0 Å². The minimum Gasteiger partial charge on any atom is -1.00 e. The molecule has 0 saturated heterocycles. The average molecular weight is 242 g/mol. The molecule has 0 amide bonds. The highest BCUT2D eigenvalue weighted by Crippen LogP contribution is 1.84. The van der Waals surface area contributed by atoms with Crippen molar-refractivity contribution in [1.82, 2.24) is 0 Å². The Morgan fingerprint density at radius 2 is 1.00 bits per heavy atom. The number of halogens is 2. The van der Waals surface area contributed by atoms with Gasteiger partial charge in [0.25, 0.3) is 0 Å². The molecular weight excluding hydrogens is 234 g/mol. The van der Waals surface area contributed by atoms with Crippen molar-refractivity contribution >= 4 is 18.5 Å². The van der Waals surface area contributed by atoms with Crippen LogP contribution < -0.4 is 34.0 Å². The van der Waals surface area contributed by atoms with Gasteiger partial charge in [0.2, 0.25) is 0 Å². The highest BCUT2D eigenvalue weighted by molar-refractivity contribution is 7.36. The van der Waals surface area contributed by atoms with Crippen LogP contribution in [-0.4, -0.2) is 5.90 Å². The standard InChI is InChI=1S/CH6P2.2BrH/c2-1-3;;/h1-3H2;2*1H. The zero-order chi connectivity index (χ0) is 2.71. The Kier molecular flexibility index (Phi) is 53.8. The molecule has 0 radical (unpaired) electrons. The van der Waals surface area contributed by atoms with Crippen LogP contribution in [0.3, 0.4) is 0 Å². The summed E-state index contributed by atoms with van der Waals surface area (Å²) in [6.07, 6.45) is 0. The second kappa shape index (κ2) is 17.0. The molecule has 0 bridgehead atoms. The lowest BCUT2D eigenvalue weighted by molar-refractivity contribution is -0.001000. The largest absolute Gasteiger partial charge is 1.00 e. The van der Waals surface area contributed by atoms with Gasteiger partial charge >= 0.3 is 0 Å². The van der Waals surface area contributed by atoms with E-state index in [-0.39, 0.29) is 34.0 Å². The SMILES string of the molecule is [Br-].[Br-].[PH3+]C[PH3+]. The maximum Gasteiger partial charge on any atom is 0.146 e. The molecule has 0 aromatic heterocycles. The molecule has 36 valence electrons. The van der Waals surface area contributed by atoms with E-state index in [0.29, 0.717) is 0 Å². The Bertz CT molecular complexity index is 7.61. The molecule has 0 N–H and O–H groups in total. The molecule has 4 heteroatoms. The summed E-state index contributed by atoms with van der Waals surface area (Å²) in [7, 11) is 3.97. The topological polar surface area (TPSA) is 0 Å². The number of hydrogen-bond donors (Lipinski definition) is 0. The van der Waals surface area contributed by atoms with Gasteiger partial charge in [-0.1, -0.05) is 0 Å². The summed E-state index contributed by atoms with van der Waals surface area (Å²) >= 11 is 0. The summed E-state index contributed by atoms with van der Waals surface area (Å²) < 4.78 is 0. The minimum atomic E-state index is 0. The van der Waals surface area contributed by atoms with Crippen LogP contribution in [0.15, 0.2) is 0 Å². The van der Waals surface area contributed by atoms with E-state index in [1.165, 1.54) is 5.90 Å². The molecule has 0 aliphatic carbocycles. The average Bonchev–Trinajstić information content (AvgIpc) is 0.918. The molecule has 0 rings (SSSR count). The summed E-state index contributed by atoms with van der Waals surface area (Å²) in [6.45, 7) is 0. The molecule has 0 aliphatic heterocycles. The Hall–Kier alpha value is 1.82. The third-order valence-electron chi connectivity index (χ3n) is 0.